The fourth-order valence-corrected chi connectivity index (χ4v) is 2.55. The molecule has 0 aliphatic rings. The molecule has 0 radical (unpaired) electrons. The van der Waals surface area contributed by atoms with Gasteiger partial charge in [-0.25, -0.2) is 9.48 Å². The van der Waals surface area contributed by atoms with Crippen LogP contribution in [0.3, 0.4) is 0 Å². The molecule has 1 unspecified atom stereocenters. The summed E-state index contributed by atoms with van der Waals surface area (Å²) in [5.74, 6) is 0.409. The molecule has 0 bridgehead atoms. The Morgan fingerprint density at radius 3 is 2.80 bits per heavy atom. The first kappa shape index (κ1) is 16.8. The summed E-state index contributed by atoms with van der Waals surface area (Å²) in [5.41, 5.74) is 3.44. The molecule has 2 heterocycles. The van der Waals surface area contributed by atoms with Gasteiger partial charge in [0.25, 0.3) is 0 Å². The molecule has 1 aromatic carbocycles. The van der Waals surface area contributed by atoms with E-state index in [9.17, 15) is 9.90 Å². The first-order chi connectivity index (χ1) is 12.0. The van der Waals surface area contributed by atoms with Crippen molar-refractivity contribution in [2.24, 2.45) is 0 Å². The number of benzene rings is 1. The lowest BCUT2D eigenvalue weighted by Gasteiger charge is -2.12. The molecular formula is C18H20N4O3. The highest BCUT2D eigenvalue weighted by atomic mass is 16.4. The Morgan fingerprint density at radius 1 is 1.28 bits per heavy atom. The van der Waals surface area contributed by atoms with Crippen LogP contribution in [-0.4, -0.2) is 27.5 Å². The summed E-state index contributed by atoms with van der Waals surface area (Å²) < 4.78 is 6.91. The number of rotatable bonds is 5. The van der Waals surface area contributed by atoms with Gasteiger partial charge in [0.05, 0.1) is 24.2 Å². The van der Waals surface area contributed by atoms with Crippen LogP contribution in [0.15, 0.2) is 53.1 Å². The van der Waals surface area contributed by atoms with Crippen LogP contribution in [0.5, 0.6) is 0 Å². The standard InChI is InChI=1S/C18H20N4O3/c1-12-9-13(2)22(21-12)15-6-3-5-14(10-15)20-18(24)19-11-16(23)17-7-4-8-25-17/h3-10,16,23H,11H2,1-2H3,(H2,19,20,24). The molecule has 3 N–H and O–H groups in total. The first-order valence-corrected chi connectivity index (χ1v) is 7.93. The van der Waals surface area contributed by atoms with Crippen LogP contribution in [0.1, 0.15) is 23.3 Å². The second kappa shape index (κ2) is 7.23. The molecule has 7 heteroatoms. The van der Waals surface area contributed by atoms with Crippen molar-refractivity contribution in [2.45, 2.75) is 20.0 Å². The van der Waals surface area contributed by atoms with Crippen LogP contribution in [-0.2, 0) is 0 Å². The lowest BCUT2D eigenvalue weighted by Crippen LogP contribution is -2.32. The summed E-state index contributed by atoms with van der Waals surface area (Å²) >= 11 is 0. The molecule has 25 heavy (non-hydrogen) atoms. The second-order valence-electron chi connectivity index (χ2n) is 5.76. The van der Waals surface area contributed by atoms with Crippen LogP contribution in [0.25, 0.3) is 5.69 Å². The Hall–Kier alpha value is -3.06. The van der Waals surface area contributed by atoms with Crippen molar-refractivity contribution in [3.05, 3.63) is 65.9 Å². The van der Waals surface area contributed by atoms with Crippen LogP contribution in [0.2, 0.25) is 0 Å². The molecule has 2 amide bonds. The molecule has 0 fully saturated rings. The smallest absolute Gasteiger partial charge is 0.319 e. The molecule has 3 aromatic rings. The van der Waals surface area contributed by atoms with Crippen LogP contribution < -0.4 is 10.6 Å². The monoisotopic (exact) mass is 340 g/mol. The van der Waals surface area contributed by atoms with Crippen LogP contribution in [0, 0.1) is 13.8 Å². The van der Waals surface area contributed by atoms with E-state index in [1.165, 1.54) is 6.26 Å². The number of carbonyl (C=O) groups excluding carboxylic acids is 1. The van der Waals surface area contributed by atoms with E-state index in [1.54, 1.807) is 18.2 Å². The number of furan rings is 1. The van der Waals surface area contributed by atoms with Crippen molar-refractivity contribution in [1.82, 2.24) is 15.1 Å². The largest absolute Gasteiger partial charge is 0.467 e. The number of amides is 2. The van der Waals surface area contributed by atoms with Crippen molar-refractivity contribution in [3.8, 4) is 5.69 Å². The third-order valence-corrected chi connectivity index (χ3v) is 3.69. The number of aromatic nitrogens is 2. The predicted molar refractivity (Wildman–Crippen MR) is 93.7 cm³/mol. The van der Waals surface area contributed by atoms with Crippen molar-refractivity contribution in [3.63, 3.8) is 0 Å². The highest BCUT2D eigenvalue weighted by Gasteiger charge is 2.12. The van der Waals surface area contributed by atoms with E-state index in [0.717, 1.165) is 17.1 Å². The number of nitrogens with zero attached hydrogens (tertiary/aromatic N) is 2. The Kier molecular flexibility index (Phi) is 4.85. The topological polar surface area (TPSA) is 92.3 Å². The van der Waals surface area contributed by atoms with Crippen molar-refractivity contribution in [1.29, 1.82) is 0 Å². The zero-order chi connectivity index (χ0) is 17.8. The van der Waals surface area contributed by atoms with Gasteiger partial charge in [0, 0.05) is 11.4 Å². The van der Waals surface area contributed by atoms with Gasteiger partial charge in [-0.15, -0.1) is 0 Å². The van der Waals surface area contributed by atoms with Gasteiger partial charge in [-0.05, 0) is 50.2 Å². The fraction of sp³-hybridized carbons (Fsp3) is 0.222. The molecule has 0 aliphatic carbocycles. The number of aliphatic hydroxyl groups excluding tert-OH is 1. The lowest BCUT2D eigenvalue weighted by molar-refractivity contribution is 0.149. The molecule has 3 rings (SSSR count). The predicted octanol–water partition coefficient (Wildman–Crippen LogP) is 2.94. The number of aliphatic hydroxyl groups is 1. The maximum absolute atomic E-state index is 12.0. The molecular weight excluding hydrogens is 320 g/mol. The molecule has 7 nitrogen and oxygen atoms in total. The van der Waals surface area contributed by atoms with E-state index in [-0.39, 0.29) is 6.54 Å². The normalized spacial score (nSPS) is 12.0. The number of aryl methyl sites for hydroxylation is 2. The van der Waals surface area contributed by atoms with Crippen molar-refractivity contribution >= 4 is 11.7 Å². The maximum atomic E-state index is 12.0. The van der Waals surface area contributed by atoms with E-state index in [0.29, 0.717) is 11.4 Å². The number of urea groups is 1. The van der Waals surface area contributed by atoms with Gasteiger partial charge in [0.2, 0.25) is 0 Å². The van der Waals surface area contributed by atoms with E-state index in [4.69, 9.17) is 4.42 Å². The quantitative estimate of drug-likeness (QED) is 0.666. The summed E-state index contributed by atoms with van der Waals surface area (Å²) in [6.45, 7) is 3.96. The highest BCUT2D eigenvalue weighted by Crippen LogP contribution is 2.17. The third kappa shape index (κ3) is 4.07. The SMILES string of the molecule is Cc1cc(C)n(-c2cccc(NC(=O)NCC(O)c3ccco3)c2)n1. The van der Waals surface area contributed by atoms with Crippen LogP contribution >= 0.6 is 0 Å². The van der Waals surface area contributed by atoms with E-state index in [2.05, 4.69) is 15.7 Å². The minimum Gasteiger partial charge on any atom is -0.467 e. The summed E-state index contributed by atoms with van der Waals surface area (Å²) in [7, 11) is 0. The van der Waals surface area contributed by atoms with E-state index in [1.807, 2.05) is 42.8 Å². The number of carbonyl (C=O) groups is 1. The summed E-state index contributed by atoms with van der Waals surface area (Å²) in [5, 5.41) is 19.7. The molecule has 0 aliphatic heterocycles. The molecule has 1 atom stereocenters. The Balaban J connectivity index is 1.62. The van der Waals surface area contributed by atoms with Gasteiger partial charge in [-0.2, -0.15) is 5.10 Å². The average Bonchev–Trinajstić information content (AvgIpc) is 3.22. The molecule has 0 saturated carbocycles. The Labute approximate surface area is 145 Å². The molecule has 0 saturated heterocycles. The van der Waals surface area contributed by atoms with Gasteiger partial charge >= 0.3 is 6.03 Å². The summed E-state index contributed by atoms with van der Waals surface area (Å²) in [6.07, 6.45) is 0.588. The number of hydrogen-bond donors (Lipinski definition) is 3. The van der Waals surface area contributed by atoms with Gasteiger partial charge in [-0.3, -0.25) is 0 Å². The zero-order valence-corrected chi connectivity index (χ0v) is 14.1. The van der Waals surface area contributed by atoms with Crippen LogP contribution in [0.4, 0.5) is 10.5 Å². The zero-order valence-electron chi connectivity index (χ0n) is 14.1. The van der Waals surface area contributed by atoms with E-state index < -0.39 is 12.1 Å². The molecule has 0 spiro atoms. The maximum Gasteiger partial charge on any atom is 0.319 e. The second-order valence-corrected chi connectivity index (χ2v) is 5.76. The lowest BCUT2D eigenvalue weighted by atomic mass is 10.2. The van der Waals surface area contributed by atoms with Gasteiger partial charge in [0.1, 0.15) is 11.9 Å². The Bertz CT molecular complexity index is 855. The number of hydrogen-bond acceptors (Lipinski definition) is 4. The Morgan fingerprint density at radius 2 is 2.12 bits per heavy atom. The van der Waals surface area contributed by atoms with Gasteiger partial charge in [0.15, 0.2) is 0 Å². The number of nitrogens with one attached hydrogen (secondary N) is 2. The first-order valence-electron chi connectivity index (χ1n) is 7.93. The van der Waals surface area contributed by atoms with Crippen molar-refractivity contribution < 1.29 is 14.3 Å². The fourth-order valence-electron chi connectivity index (χ4n) is 2.55. The highest BCUT2D eigenvalue weighted by molar-refractivity contribution is 5.89. The summed E-state index contributed by atoms with van der Waals surface area (Å²) in [6, 6.07) is 12.3. The molecule has 2 aromatic heterocycles. The molecule has 130 valence electrons. The third-order valence-electron chi connectivity index (χ3n) is 3.69. The summed E-state index contributed by atoms with van der Waals surface area (Å²) in [4.78, 5) is 12.0. The minimum atomic E-state index is -0.887. The number of anilines is 1. The average molecular weight is 340 g/mol. The van der Waals surface area contributed by atoms with Crippen molar-refractivity contribution in [2.75, 3.05) is 11.9 Å². The minimum absolute atomic E-state index is 0.0521. The van der Waals surface area contributed by atoms with E-state index >= 15 is 0 Å². The van der Waals surface area contributed by atoms with Gasteiger partial charge in [-0.1, -0.05) is 6.07 Å². The van der Waals surface area contributed by atoms with Gasteiger partial charge < -0.3 is 20.2 Å².